The fourth-order valence-electron chi connectivity index (χ4n) is 2.92. The van der Waals surface area contributed by atoms with Crippen molar-refractivity contribution in [1.82, 2.24) is 0 Å². The van der Waals surface area contributed by atoms with E-state index in [2.05, 4.69) is 10.0 Å². The van der Waals surface area contributed by atoms with Crippen molar-refractivity contribution in [2.24, 2.45) is 0 Å². The van der Waals surface area contributed by atoms with Gasteiger partial charge >= 0.3 is 0 Å². The quantitative estimate of drug-likeness (QED) is 0.458. The van der Waals surface area contributed by atoms with Crippen molar-refractivity contribution in [2.75, 3.05) is 23.8 Å². The molecule has 0 aromatic heterocycles. The van der Waals surface area contributed by atoms with Crippen LogP contribution in [-0.2, 0) is 14.8 Å². The standard InChI is InChI=1S/C24H26N2O6S/c1-4-31-20-13-9-19(10-14-20)26-33(28,29)21-15-11-18(12-16-21)25-24(27)17(2)32-23-8-6-5-7-22(23)30-3/h5-17,26H,4H2,1-3H3,(H,25,27)/t17-/m1/s1. The molecule has 0 heterocycles. The summed E-state index contributed by atoms with van der Waals surface area (Å²) in [6.45, 7) is 4.01. The molecular formula is C24H26N2O6S. The Morgan fingerprint density at radius 1 is 0.909 bits per heavy atom. The van der Waals surface area contributed by atoms with Crippen LogP contribution < -0.4 is 24.2 Å². The predicted octanol–water partition coefficient (Wildman–Crippen LogP) is 4.30. The van der Waals surface area contributed by atoms with E-state index in [1.54, 1.807) is 55.5 Å². The van der Waals surface area contributed by atoms with Crippen LogP contribution in [0.4, 0.5) is 11.4 Å². The monoisotopic (exact) mass is 470 g/mol. The lowest BCUT2D eigenvalue weighted by Crippen LogP contribution is -2.30. The summed E-state index contributed by atoms with van der Waals surface area (Å²) in [5.41, 5.74) is 0.855. The molecule has 2 N–H and O–H groups in total. The summed E-state index contributed by atoms with van der Waals surface area (Å²) in [4.78, 5) is 12.6. The highest BCUT2D eigenvalue weighted by atomic mass is 32.2. The molecule has 0 aliphatic heterocycles. The molecular weight excluding hydrogens is 444 g/mol. The van der Waals surface area contributed by atoms with Gasteiger partial charge in [-0.15, -0.1) is 0 Å². The van der Waals surface area contributed by atoms with Gasteiger partial charge in [0.25, 0.3) is 15.9 Å². The molecule has 1 amide bonds. The van der Waals surface area contributed by atoms with Gasteiger partial charge in [0.1, 0.15) is 5.75 Å². The summed E-state index contributed by atoms with van der Waals surface area (Å²) < 4.78 is 44.1. The van der Waals surface area contributed by atoms with Gasteiger partial charge in [0.05, 0.1) is 18.6 Å². The number of hydrogen-bond acceptors (Lipinski definition) is 6. The van der Waals surface area contributed by atoms with Crippen molar-refractivity contribution in [2.45, 2.75) is 24.8 Å². The fourth-order valence-corrected chi connectivity index (χ4v) is 3.98. The Morgan fingerprint density at radius 2 is 1.52 bits per heavy atom. The molecule has 3 aromatic carbocycles. The first-order chi connectivity index (χ1) is 15.8. The normalized spacial score (nSPS) is 11.8. The molecule has 1 atom stereocenters. The molecule has 3 aromatic rings. The second kappa shape index (κ2) is 10.7. The van der Waals surface area contributed by atoms with Crippen LogP contribution in [0.2, 0.25) is 0 Å². The molecule has 8 nitrogen and oxygen atoms in total. The average molecular weight is 471 g/mol. The van der Waals surface area contributed by atoms with Gasteiger partial charge in [-0.1, -0.05) is 12.1 Å². The molecule has 174 valence electrons. The highest BCUT2D eigenvalue weighted by Gasteiger charge is 2.18. The molecule has 0 radical (unpaired) electrons. The molecule has 33 heavy (non-hydrogen) atoms. The van der Waals surface area contributed by atoms with Crippen molar-refractivity contribution in [1.29, 1.82) is 0 Å². The first kappa shape index (κ1) is 23.9. The van der Waals surface area contributed by atoms with E-state index in [1.807, 2.05) is 6.92 Å². The number of ether oxygens (including phenoxy) is 3. The highest BCUT2D eigenvalue weighted by Crippen LogP contribution is 2.27. The molecule has 0 spiro atoms. The van der Waals surface area contributed by atoms with Gasteiger partial charge in [0.15, 0.2) is 17.6 Å². The Hall–Kier alpha value is -3.72. The topological polar surface area (TPSA) is 103 Å². The Labute approximate surface area is 193 Å². The van der Waals surface area contributed by atoms with E-state index >= 15 is 0 Å². The maximum Gasteiger partial charge on any atom is 0.265 e. The Bertz CT molecular complexity index is 1180. The second-order valence-corrected chi connectivity index (χ2v) is 8.67. The average Bonchev–Trinajstić information content (AvgIpc) is 2.81. The van der Waals surface area contributed by atoms with E-state index in [0.29, 0.717) is 35.2 Å². The Kier molecular flexibility index (Phi) is 7.78. The number of sulfonamides is 1. The second-order valence-electron chi connectivity index (χ2n) is 6.99. The molecule has 0 fully saturated rings. The van der Waals surface area contributed by atoms with Crippen LogP contribution in [0.1, 0.15) is 13.8 Å². The zero-order chi connectivity index (χ0) is 23.8. The van der Waals surface area contributed by atoms with E-state index in [0.717, 1.165) is 0 Å². The van der Waals surface area contributed by atoms with Gasteiger partial charge in [-0.25, -0.2) is 8.42 Å². The third-order valence-corrected chi connectivity index (χ3v) is 5.99. The summed E-state index contributed by atoms with van der Waals surface area (Å²) in [7, 11) is -2.27. The summed E-state index contributed by atoms with van der Waals surface area (Å²) in [5, 5.41) is 2.71. The van der Waals surface area contributed by atoms with Crippen LogP contribution in [-0.4, -0.2) is 34.1 Å². The Balaban J connectivity index is 1.62. The van der Waals surface area contributed by atoms with Crippen LogP contribution in [0.3, 0.4) is 0 Å². The smallest absolute Gasteiger partial charge is 0.265 e. The van der Waals surface area contributed by atoms with E-state index in [9.17, 15) is 13.2 Å². The van der Waals surface area contributed by atoms with Crippen molar-refractivity contribution in [3.8, 4) is 17.2 Å². The maximum atomic E-state index is 12.7. The van der Waals surface area contributed by atoms with Gasteiger partial charge < -0.3 is 19.5 Å². The molecule has 0 bridgehead atoms. The number of carbonyl (C=O) groups excluding carboxylic acids is 1. The third kappa shape index (κ3) is 6.39. The minimum atomic E-state index is -3.79. The van der Waals surface area contributed by atoms with Crippen molar-refractivity contribution < 1.29 is 27.4 Å². The molecule has 0 aliphatic carbocycles. The highest BCUT2D eigenvalue weighted by molar-refractivity contribution is 7.92. The van der Waals surface area contributed by atoms with Gasteiger partial charge in [-0.2, -0.15) is 0 Å². The summed E-state index contributed by atoms with van der Waals surface area (Å²) >= 11 is 0. The predicted molar refractivity (Wildman–Crippen MR) is 127 cm³/mol. The number of methoxy groups -OCH3 is 1. The first-order valence-electron chi connectivity index (χ1n) is 10.3. The van der Waals surface area contributed by atoms with Crippen LogP contribution in [0.5, 0.6) is 17.2 Å². The van der Waals surface area contributed by atoms with Crippen LogP contribution >= 0.6 is 0 Å². The first-order valence-corrected chi connectivity index (χ1v) is 11.8. The van der Waals surface area contributed by atoms with Gasteiger partial charge in [0, 0.05) is 11.4 Å². The lowest BCUT2D eigenvalue weighted by molar-refractivity contribution is -0.122. The lowest BCUT2D eigenvalue weighted by Gasteiger charge is -2.16. The maximum absolute atomic E-state index is 12.7. The van der Waals surface area contributed by atoms with E-state index in [4.69, 9.17) is 14.2 Å². The number of benzene rings is 3. The molecule has 9 heteroatoms. The van der Waals surface area contributed by atoms with Gasteiger partial charge in [-0.3, -0.25) is 9.52 Å². The molecule has 0 aliphatic rings. The largest absolute Gasteiger partial charge is 0.494 e. The lowest BCUT2D eigenvalue weighted by atomic mass is 10.3. The van der Waals surface area contributed by atoms with Crippen LogP contribution in [0.15, 0.2) is 77.7 Å². The number of hydrogen-bond donors (Lipinski definition) is 2. The summed E-state index contributed by atoms with van der Waals surface area (Å²) in [6.07, 6.45) is -0.800. The minimum Gasteiger partial charge on any atom is -0.494 e. The molecule has 0 saturated heterocycles. The minimum absolute atomic E-state index is 0.0627. The van der Waals surface area contributed by atoms with E-state index in [-0.39, 0.29) is 10.8 Å². The van der Waals surface area contributed by atoms with Gasteiger partial charge in [-0.05, 0) is 74.5 Å². The number of nitrogens with one attached hydrogen (secondary N) is 2. The third-order valence-electron chi connectivity index (χ3n) is 4.59. The fraction of sp³-hybridized carbons (Fsp3) is 0.208. The molecule has 0 saturated carbocycles. The van der Waals surface area contributed by atoms with Crippen LogP contribution in [0, 0.1) is 0 Å². The van der Waals surface area contributed by atoms with E-state index < -0.39 is 16.1 Å². The van der Waals surface area contributed by atoms with Crippen molar-refractivity contribution in [3.63, 3.8) is 0 Å². The number of amides is 1. The Morgan fingerprint density at radius 3 is 2.12 bits per heavy atom. The number of rotatable bonds is 10. The SMILES string of the molecule is CCOc1ccc(NS(=O)(=O)c2ccc(NC(=O)[C@@H](C)Oc3ccccc3OC)cc2)cc1. The van der Waals surface area contributed by atoms with Crippen molar-refractivity contribution >= 4 is 27.3 Å². The zero-order valence-electron chi connectivity index (χ0n) is 18.6. The number of carbonyl (C=O) groups is 1. The number of para-hydroxylation sites is 2. The van der Waals surface area contributed by atoms with Crippen molar-refractivity contribution in [3.05, 3.63) is 72.8 Å². The number of anilines is 2. The van der Waals surface area contributed by atoms with E-state index in [1.165, 1.54) is 31.4 Å². The summed E-state index contributed by atoms with van der Waals surface area (Å²) in [6, 6.07) is 19.5. The zero-order valence-corrected chi connectivity index (χ0v) is 19.4. The molecule has 0 unspecified atom stereocenters. The van der Waals surface area contributed by atoms with Crippen LogP contribution in [0.25, 0.3) is 0 Å². The van der Waals surface area contributed by atoms with Gasteiger partial charge in [0.2, 0.25) is 0 Å². The summed E-state index contributed by atoms with van der Waals surface area (Å²) in [5.74, 6) is 1.24. The molecule has 3 rings (SSSR count).